The van der Waals surface area contributed by atoms with Crippen LogP contribution >= 0.6 is 0 Å². The quantitative estimate of drug-likeness (QED) is 0.664. The van der Waals surface area contributed by atoms with Crippen molar-refractivity contribution < 1.29 is 22.7 Å². The third-order valence-corrected chi connectivity index (χ3v) is 5.44. The number of hydrogen-bond donors (Lipinski definition) is 1. The van der Waals surface area contributed by atoms with Gasteiger partial charge in [-0.2, -0.15) is 13.2 Å². The Balaban J connectivity index is 1.33. The number of amides is 1. The summed E-state index contributed by atoms with van der Waals surface area (Å²) in [6, 6.07) is 10.7. The number of halogens is 3. The van der Waals surface area contributed by atoms with E-state index in [0.29, 0.717) is 24.3 Å². The van der Waals surface area contributed by atoms with Gasteiger partial charge in [0.15, 0.2) is 0 Å². The molecule has 10 heteroatoms. The van der Waals surface area contributed by atoms with Crippen LogP contribution in [-0.2, 0) is 11.0 Å². The highest BCUT2D eigenvalue weighted by atomic mass is 19.4. The van der Waals surface area contributed by atoms with E-state index in [4.69, 9.17) is 4.74 Å². The minimum Gasteiger partial charge on any atom is -0.497 e. The van der Waals surface area contributed by atoms with Gasteiger partial charge in [-0.05, 0) is 55.3 Å². The number of piperidine rings is 1. The topological polar surface area (TPSA) is 72.3 Å². The molecule has 1 saturated heterocycles. The number of hydrogen-bond acceptors (Lipinski definition) is 5. The Morgan fingerprint density at radius 1 is 1.16 bits per heavy atom. The molecule has 0 atom stereocenters. The number of rotatable bonds is 5. The van der Waals surface area contributed by atoms with Gasteiger partial charge in [0.1, 0.15) is 11.3 Å². The predicted molar refractivity (Wildman–Crippen MR) is 109 cm³/mol. The molecule has 3 aromatic rings. The van der Waals surface area contributed by atoms with Gasteiger partial charge in [-0.25, -0.2) is 4.68 Å². The molecule has 2 heterocycles. The summed E-state index contributed by atoms with van der Waals surface area (Å²) in [5, 5.41) is 10.9. The second-order valence-electron chi connectivity index (χ2n) is 7.52. The van der Waals surface area contributed by atoms with Crippen molar-refractivity contribution in [1.29, 1.82) is 0 Å². The average Bonchev–Trinajstić information content (AvgIpc) is 3.17. The fourth-order valence-electron chi connectivity index (χ4n) is 3.79. The second-order valence-corrected chi connectivity index (χ2v) is 7.52. The molecule has 1 fully saturated rings. The maximum Gasteiger partial charge on any atom is 0.416 e. The zero-order valence-electron chi connectivity index (χ0n) is 16.9. The summed E-state index contributed by atoms with van der Waals surface area (Å²) in [4.78, 5) is 14.4. The molecular weight excluding hydrogens is 411 g/mol. The number of nitrogens with one attached hydrogen (secondary N) is 1. The third kappa shape index (κ3) is 4.79. The highest BCUT2D eigenvalue weighted by Gasteiger charge is 2.31. The molecule has 0 aliphatic carbocycles. The Morgan fingerprint density at radius 2 is 1.87 bits per heavy atom. The maximum atomic E-state index is 12.9. The molecule has 164 valence electrons. The van der Waals surface area contributed by atoms with Crippen molar-refractivity contribution in [2.75, 3.05) is 32.1 Å². The number of ether oxygens (including phenoxy) is 1. The van der Waals surface area contributed by atoms with Crippen LogP contribution in [0.3, 0.4) is 0 Å². The number of carbonyl (C=O) groups excluding carboxylic acids is 1. The van der Waals surface area contributed by atoms with Gasteiger partial charge in [-0.3, -0.25) is 9.69 Å². The minimum atomic E-state index is -4.41. The lowest BCUT2D eigenvalue weighted by atomic mass is 10.0. The molecular formula is C21H22F3N5O2. The summed E-state index contributed by atoms with van der Waals surface area (Å²) in [7, 11) is 1.58. The van der Waals surface area contributed by atoms with E-state index < -0.39 is 11.7 Å². The van der Waals surface area contributed by atoms with Gasteiger partial charge in [0.2, 0.25) is 5.91 Å². The third-order valence-electron chi connectivity index (χ3n) is 5.44. The van der Waals surface area contributed by atoms with Gasteiger partial charge >= 0.3 is 6.18 Å². The molecule has 1 aliphatic rings. The molecule has 0 bridgehead atoms. The van der Waals surface area contributed by atoms with Crippen LogP contribution in [0.15, 0.2) is 42.5 Å². The maximum absolute atomic E-state index is 12.9. The van der Waals surface area contributed by atoms with Crippen molar-refractivity contribution in [2.45, 2.75) is 25.1 Å². The summed E-state index contributed by atoms with van der Waals surface area (Å²) < 4.78 is 45.5. The largest absolute Gasteiger partial charge is 0.497 e. The normalized spacial score (nSPS) is 15.9. The van der Waals surface area contributed by atoms with Crippen molar-refractivity contribution in [3.05, 3.63) is 48.0 Å². The van der Waals surface area contributed by atoms with Crippen LogP contribution in [0.2, 0.25) is 0 Å². The number of carbonyl (C=O) groups is 1. The van der Waals surface area contributed by atoms with Crippen LogP contribution in [0.4, 0.5) is 18.9 Å². The van der Waals surface area contributed by atoms with E-state index in [0.717, 1.165) is 30.7 Å². The average molecular weight is 433 g/mol. The van der Waals surface area contributed by atoms with Crippen LogP contribution in [0, 0.1) is 0 Å². The van der Waals surface area contributed by atoms with E-state index in [-0.39, 0.29) is 24.0 Å². The Bertz CT molecular complexity index is 1060. The Kier molecular flexibility index (Phi) is 5.81. The van der Waals surface area contributed by atoms with Crippen LogP contribution in [-0.4, -0.2) is 52.5 Å². The summed E-state index contributed by atoms with van der Waals surface area (Å²) in [6.07, 6.45) is -2.94. The number of aromatic nitrogens is 3. The van der Waals surface area contributed by atoms with Crippen LogP contribution in [0.25, 0.3) is 11.0 Å². The van der Waals surface area contributed by atoms with E-state index >= 15 is 0 Å². The molecule has 1 aromatic heterocycles. The number of alkyl halides is 3. The fraction of sp³-hybridized carbons (Fsp3) is 0.381. The van der Waals surface area contributed by atoms with Gasteiger partial charge in [0, 0.05) is 18.8 Å². The molecule has 7 nitrogen and oxygen atoms in total. The molecule has 1 amide bonds. The van der Waals surface area contributed by atoms with Gasteiger partial charge in [-0.15, -0.1) is 5.10 Å². The van der Waals surface area contributed by atoms with E-state index in [1.54, 1.807) is 36.1 Å². The number of likely N-dealkylation sites (tertiary alicyclic amines) is 1. The number of anilines is 1. The van der Waals surface area contributed by atoms with Crippen LogP contribution in [0.1, 0.15) is 24.4 Å². The summed E-state index contributed by atoms with van der Waals surface area (Å²) in [6.45, 7) is 1.64. The van der Waals surface area contributed by atoms with Gasteiger partial charge in [0.25, 0.3) is 0 Å². The lowest BCUT2D eigenvalue weighted by Crippen LogP contribution is -2.39. The van der Waals surface area contributed by atoms with Gasteiger partial charge in [0.05, 0.1) is 30.8 Å². The van der Waals surface area contributed by atoms with Crippen molar-refractivity contribution >= 4 is 22.6 Å². The monoisotopic (exact) mass is 433 g/mol. The van der Waals surface area contributed by atoms with Crippen molar-refractivity contribution in [1.82, 2.24) is 19.9 Å². The smallest absolute Gasteiger partial charge is 0.416 e. The molecule has 31 heavy (non-hydrogen) atoms. The lowest BCUT2D eigenvalue weighted by molar-refractivity contribution is -0.137. The number of methoxy groups -OCH3 is 1. The first-order valence-electron chi connectivity index (χ1n) is 9.92. The standard InChI is InChI=1S/C21H22F3N5O2/c1-31-17-5-3-15(4-6-17)25-20(30)13-28-10-8-16(9-11-28)29-19-7-2-14(21(22,23)24)12-18(19)26-27-29/h2-7,12,16H,8-11,13H2,1H3,(H,25,30). The number of nitrogens with zero attached hydrogens (tertiary/aromatic N) is 4. The molecule has 1 aliphatic heterocycles. The van der Waals surface area contributed by atoms with Crippen LogP contribution < -0.4 is 10.1 Å². The van der Waals surface area contributed by atoms with Gasteiger partial charge < -0.3 is 10.1 Å². The van der Waals surface area contributed by atoms with E-state index in [2.05, 4.69) is 20.5 Å². The first-order valence-corrected chi connectivity index (χ1v) is 9.92. The van der Waals surface area contributed by atoms with Crippen LogP contribution in [0.5, 0.6) is 5.75 Å². The number of benzene rings is 2. The van der Waals surface area contributed by atoms with E-state index in [9.17, 15) is 18.0 Å². The lowest BCUT2D eigenvalue weighted by Gasteiger charge is -2.31. The Hall–Kier alpha value is -3.14. The molecule has 2 aromatic carbocycles. The van der Waals surface area contributed by atoms with E-state index in [1.807, 2.05) is 0 Å². The second kappa shape index (κ2) is 8.54. The molecule has 0 unspecified atom stereocenters. The Labute approximate surface area is 176 Å². The summed E-state index contributed by atoms with van der Waals surface area (Å²) in [5.41, 5.74) is 0.789. The van der Waals surface area contributed by atoms with E-state index in [1.165, 1.54) is 6.07 Å². The molecule has 0 saturated carbocycles. The van der Waals surface area contributed by atoms with Gasteiger partial charge in [-0.1, -0.05) is 5.21 Å². The summed E-state index contributed by atoms with van der Waals surface area (Å²) in [5.74, 6) is 0.616. The highest BCUT2D eigenvalue weighted by molar-refractivity contribution is 5.92. The first-order chi connectivity index (χ1) is 14.8. The Morgan fingerprint density at radius 3 is 2.52 bits per heavy atom. The molecule has 4 rings (SSSR count). The predicted octanol–water partition coefficient (Wildman–Crippen LogP) is 3.73. The zero-order valence-corrected chi connectivity index (χ0v) is 16.9. The highest BCUT2D eigenvalue weighted by Crippen LogP contribution is 2.32. The molecule has 0 spiro atoms. The minimum absolute atomic E-state index is 0.0302. The summed E-state index contributed by atoms with van der Waals surface area (Å²) >= 11 is 0. The van der Waals surface area contributed by atoms with Crippen molar-refractivity contribution in [3.8, 4) is 5.75 Å². The zero-order chi connectivity index (χ0) is 22.0. The van der Waals surface area contributed by atoms with Crippen molar-refractivity contribution in [2.24, 2.45) is 0 Å². The first kappa shape index (κ1) is 21.1. The van der Waals surface area contributed by atoms with Crippen molar-refractivity contribution in [3.63, 3.8) is 0 Å². The number of fused-ring (bicyclic) bond motifs is 1. The molecule has 1 N–H and O–H groups in total. The fourth-order valence-corrected chi connectivity index (χ4v) is 3.79. The molecule has 0 radical (unpaired) electrons. The SMILES string of the molecule is COc1ccc(NC(=O)CN2CCC(n3nnc4cc(C(F)(F)F)ccc43)CC2)cc1.